The van der Waals surface area contributed by atoms with Crippen LogP contribution in [0.3, 0.4) is 0 Å². The molecule has 3 rings (SSSR count). The number of hydrogen-bond donors (Lipinski definition) is 1. The molecule has 1 atom stereocenters. The van der Waals surface area contributed by atoms with Crippen molar-refractivity contribution in [2.45, 2.75) is 57.6 Å². The average Bonchev–Trinajstić information content (AvgIpc) is 2.86. The summed E-state index contributed by atoms with van der Waals surface area (Å²) in [6, 6.07) is 18.8. The number of hydrogen-bond acceptors (Lipinski definition) is 4. The van der Waals surface area contributed by atoms with Gasteiger partial charge in [0.2, 0.25) is 11.8 Å². The fraction of sp³-hybridized carbons (Fsp3) is 0.310. The van der Waals surface area contributed by atoms with E-state index in [0.29, 0.717) is 21.3 Å². The molecule has 0 aliphatic carbocycles. The maximum absolute atomic E-state index is 14.0. The first-order chi connectivity index (χ1) is 18.2. The Kier molecular flexibility index (Phi) is 9.69. The minimum atomic E-state index is -4.13. The van der Waals surface area contributed by atoms with Crippen LogP contribution in [0.2, 0.25) is 10.0 Å². The fourth-order valence-corrected chi connectivity index (χ4v) is 5.80. The second-order valence-electron chi connectivity index (χ2n) is 10.3. The average molecular weight is 591 g/mol. The van der Waals surface area contributed by atoms with Crippen molar-refractivity contribution in [3.8, 4) is 0 Å². The zero-order chi connectivity index (χ0) is 29.0. The number of nitrogens with one attached hydrogen (secondary N) is 1. The van der Waals surface area contributed by atoms with Crippen LogP contribution < -0.4 is 9.62 Å². The van der Waals surface area contributed by atoms with Crippen molar-refractivity contribution in [1.29, 1.82) is 0 Å². The predicted molar refractivity (Wildman–Crippen MR) is 157 cm³/mol. The largest absolute Gasteiger partial charge is 0.350 e. The normalized spacial score (nSPS) is 12.5. The molecule has 3 aromatic rings. The number of carbonyl (C=O) groups is 2. The summed E-state index contributed by atoms with van der Waals surface area (Å²) in [5.41, 5.74) is 1.12. The molecule has 1 N–H and O–H groups in total. The summed E-state index contributed by atoms with van der Waals surface area (Å²) < 4.78 is 28.6. The van der Waals surface area contributed by atoms with Crippen molar-refractivity contribution in [3.63, 3.8) is 0 Å². The molecule has 0 aliphatic rings. The van der Waals surface area contributed by atoms with Gasteiger partial charge in [0.1, 0.15) is 12.6 Å². The molecule has 0 aliphatic heterocycles. The van der Waals surface area contributed by atoms with Crippen LogP contribution >= 0.6 is 23.2 Å². The predicted octanol–water partition coefficient (Wildman–Crippen LogP) is 5.83. The van der Waals surface area contributed by atoms with Crippen LogP contribution in [0, 0.1) is 6.92 Å². The van der Waals surface area contributed by atoms with Gasteiger partial charge in [0, 0.05) is 27.7 Å². The van der Waals surface area contributed by atoms with Crippen LogP contribution in [0.15, 0.2) is 77.7 Å². The Morgan fingerprint density at radius 1 is 0.897 bits per heavy atom. The maximum atomic E-state index is 14.0. The number of halogens is 2. The van der Waals surface area contributed by atoms with E-state index < -0.39 is 40.0 Å². The molecule has 0 spiro atoms. The van der Waals surface area contributed by atoms with E-state index >= 15 is 0 Å². The van der Waals surface area contributed by atoms with E-state index in [0.717, 1.165) is 9.87 Å². The van der Waals surface area contributed by atoms with Gasteiger partial charge < -0.3 is 10.2 Å². The van der Waals surface area contributed by atoms with Crippen molar-refractivity contribution >= 4 is 50.7 Å². The smallest absolute Gasteiger partial charge is 0.264 e. The van der Waals surface area contributed by atoms with Crippen LogP contribution in [0.5, 0.6) is 0 Å². The monoisotopic (exact) mass is 589 g/mol. The molecule has 3 aromatic carbocycles. The zero-order valence-corrected chi connectivity index (χ0v) is 24.9. The third kappa shape index (κ3) is 7.75. The van der Waals surface area contributed by atoms with E-state index in [1.165, 1.54) is 17.0 Å². The Bertz CT molecular complexity index is 1400. The Morgan fingerprint density at radius 3 is 2.00 bits per heavy atom. The fourth-order valence-electron chi connectivity index (χ4n) is 3.87. The number of amides is 2. The summed E-state index contributed by atoms with van der Waals surface area (Å²) in [5, 5.41) is 3.54. The molecule has 0 aromatic heterocycles. The van der Waals surface area contributed by atoms with E-state index in [-0.39, 0.29) is 11.4 Å². The molecule has 0 saturated heterocycles. The molecule has 0 saturated carbocycles. The quantitative estimate of drug-likeness (QED) is 0.340. The third-order valence-electron chi connectivity index (χ3n) is 5.99. The number of aryl methyl sites for hydroxylation is 1. The molecule has 7 nitrogen and oxygen atoms in total. The van der Waals surface area contributed by atoms with Crippen LogP contribution in [0.1, 0.15) is 38.8 Å². The molecule has 0 fully saturated rings. The molecule has 0 heterocycles. The standard InChI is InChI=1S/C29H33Cl2N3O4S/c1-20-14-16-23(17-15-20)39(37,38)34(22-10-7-6-8-11-22)19-27(35)33(21(2)28(36)32-29(3,4)5)18-24-25(30)12-9-13-26(24)31/h6-17,21H,18-19H2,1-5H3,(H,32,36)/t21-/m1/s1. The highest BCUT2D eigenvalue weighted by Gasteiger charge is 2.33. The first-order valence-electron chi connectivity index (χ1n) is 12.4. The number of benzene rings is 3. The second-order valence-corrected chi connectivity index (χ2v) is 13.0. The lowest BCUT2D eigenvalue weighted by Gasteiger charge is -2.33. The van der Waals surface area contributed by atoms with Gasteiger partial charge in [0.05, 0.1) is 10.6 Å². The van der Waals surface area contributed by atoms with E-state index in [1.807, 2.05) is 27.7 Å². The highest BCUT2D eigenvalue weighted by atomic mass is 35.5. The van der Waals surface area contributed by atoms with E-state index in [4.69, 9.17) is 23.2 Å². The lowest BCUT2D eigenvalue weighted by Crippen LogP contribution is -2.54. The van der Waals surface area contributed by atoms with E-state index in [9.17, 15) is 18.0 Å². The summed E-state index contributed by atoms with van der Waals surface area (Å²) in [5.74, 6) is -0.992. The van der Waals surface area contributed by atoms with Crippen molar-refractivity contribution in [1.82, 2.24) is 10.2 Å². The van der Waals surface area contributed by atoms with Crippen molar-refractivity contribution in [3.05, 3.63) is 94.0 Å². The van der Waals surface area contributed by atoms with E-state index in [2.05, 4.69) is 5.32 Å². The van der Waals surface area contributed by atoms with Crippen molar-refractivity contribution in [2.75, 3.05) is 10.8 Å². The number of sulfonamides is 1. The Balaban J connectivity index is 2.05. The number of nitrogens with zero attached hydrogens (tertiary/aromatic N) is 2. The van der Waals surface area contributed by atoms with Gasteiger partial charge in [0.25, 0.3) is 10.0 Å². The Labute approximate surface area is 240 Å². The van der Waals surface area contributed by atoms with E-state index in [1.54, 1.807) is 67.6 Å². The van der Waals surface area contributed by atoms with Gasteiger partial charge in [-0.2, -0.15) is 0 Å². The highest BCUT2D eigenvalue weighted by molar-refractivity contribution is 7.92. The molecule has 0 unspecified atom stereocenters. The number of carbonyl (C=O) groups excluding carboxylic acids is 2. The highest BCUT2D eigenvalue weighted by Crippen LogP contribution is 2.28. The van der Waals surface area contributed by atoms with Crippen LogP contribution in [0.4, 0.5) is 5.69 Å². The first kappa shape index (κ1) is 30.5. The van der Waals surface area contributed by atoms with Crippen molar-refractivity contribution in [2.24, 2.45) is 0 Å². The Morgan fingerprint density at radius 2 is 1.46 bits per heavy atom. The van der Waals surface area contributed by atoms with Crippen LogP contribution in [0.25, 0.3) is 0 Å². The topological polar surface area (TPSA) is 86.8 Å². The minimum absolute atomic E-state index is 0.0453. The molecule has 0 bridgehead atoms. The number of para-hydroxylation sites is 1. The van der Waals surface area contributed by atoms with Gasteiger partial charge in [-0.25, -0.2) is 8.42 Å². The van der Waals surface area contributed by atoms with Gasteiger partial charge in [-0.3, -0.25) is 13.9 Å². The minimum Gasteiger partial charge on any atom is -0.350 e. The zero-order valence-electron chi connectivity index (χ0n) is 22.6. The lowest BCUT2D eigenvalue weighted by molar-refractivity contribution is -0.140. The Hall–Kier alpha value is -3.07. The first-order valence-corrected chi connectivity index (χ1v) is 14.6. The summed E-state index contributed by atoms with van der Waals surface area (Å²) in [6.07, 6.45) is 0. The van der Waals surface area contributed by atoms with Gasteiger partial charge >= 0.3 is 0 Å². The van der Waals surface area contributed by atoms with Gasteiger partial charge in [0.15, 0.2) is 0 Å². The van der Waals surface area contributed by atoms with Crippen LogP contribution in [-0.2, 0) is 26.2 Å². The molecule has 2 amide bonds. The van der Waals surface area contributed by atoms with Crippen molar-refractivity contribution < 1.29 is 18.0 Å². The molecular weight excluding hydrogens is 557 g/mol. The van der Waals surface area contributed by atoms with Crippen LogP contribution in [-0.4, -0.2) is 43.3 Å². The molecule has 0 radical (unpaired) electrons. The summed E-state index contributed by atoms with van der Waals surface area (Å²) in [6.45, 7) is 8.31. The number of rotatable bonds is 9. The molecular formula is C29H33Cl2N3O4S. The summed E-state index contributed by atoms with van der Waals surface area (Å²) in [7, 11) is -4.13. The summed E-state index contributed by atoms with van der Waals surface area (Å²) >= 11 is 12.8. The van der Waals surface area contributed by atoms with Gasteiger partial charge in [-0.1, -0.05) is 65.2 Å². The second kappa shape index (κ2) is 12.4. The van der Waals surface area contributed by atoms with Gasteiger partial charge in [-0.05, 0) is 71.0 Å². The summed E-state index contributed by atoms with van der Waals surface area (Å²) in [4.78, 5) is 28.5. The molecule has 208 valence electrons. The third-order valence-corrected chi connectivity index (χ3v) is 8.48. The molecule has 10 heteroatoms. The SMILES string of the molecule is Cc1ccc(S(=O)(=O)N(CC(=O)N(Cc2c(Cl)cccc2Cl)[C@H](C)C(=O)NC(C)(C)C)c2ccccc2)cc1. The van der Waals surface area contributed by atoms with Gasteiger partial charge in [-0.15, -0.1) is 0 Å². The number of anilines is 1. The maximum Gasteiger partial charge on any atom is 0.264 e. The lowest BCUT2D eigenvalue weighted by atomic mass is 10.1. The molecule has 39 heavy (non-hydrogen) atoms.